The fraction of sp³-hybridized carbons (Fsp3) is 0.423. The average Bonchev–Trinajstić information content (AvgIpc) is 3.55. The molecule has 4 rings (SSSR count). The van der Waals surface area contributed by atoms with Crippen LogP contribution in [-0.4, -0.2) is 41.8 Å². The Hall–Kier alpha value is -3.35. The predicted molar refractivity (Wildman–Crippen MR) is 124 cm³/mol. The number of carbonyl (C=O) groups is 3. The number of alkyl carbamates (subject to hydrolysis) is 1. The predicted octanol–water partition coefficient (Wildman–Crippen LogP) is 3.92. The Labute approximate surface area is 193 Å². The number of rotatable bonds is 9. The molecule has 0 radical (unpaired) electrons. The first-order valence-corrected chi connectivity index (χ1v) is 11.4. The maximum atomic E-state index is 12.7. The molecule has 0 heterocycles. The largest absolute Gasteiger partial charge is 0.480 e. The summed E-state index contributed by atoms with van der Waals surface area (Å²) in [6.07, 6.45) is 2.14. The smallest absolute Gasteiger partial charge is 0.407 e. The minimum Gasteiger partial charge on any atom is -0.480 e. The van der Waals surface area contributed by atoms with Gasteiger partial charge in [-0.05, 0) is 48.4 Å². The second-order valence-corrected chi connectivity index (χ2v) is 9.50. The highest BCUT2D eigenvalue weighted by Gasteiger charge is 2.35. The number of fused-ring (bicyclic) bond motifs is 3. The molecule has 2 aromatic rings. The normalized spacial score (nSPS) is 15.8. The molecule has 0 aliphatic heterocycles. The van der Waals surface area contributed by atoms with Crippen LogP contribution in [-0.2, 0) is 14.3 Å². The zero-order chi connectivity index (χ0) is 23.6. The van der Waals surface area contributed by atoms with Crippen molar-refractivity contribution in [3.05, 3.63) is 59.7 Å². The van der Waals surface area contributed by atoms with Crippen LogP contribution in [0.4, 0.5) is 4.79 Å². The van der Waals surface area contributed by atoms with E-state index in [0.29, 0.717) is 12.3 Å². The van der Waals surface area contributed by atoms with Gasteiger partial charge in [-0.3, -0.25) is 4.79 Å². The molecular formula is C26H30N2O5. The zero-order valence-corrected chi connectivity index (χ0v) is 19.0. The summed E-state index contributed by atoms with van der Waals surface area (Å²) in [6, 6.07) is 16.2. The second-order valence-electron chi connectivity index (χ2n) is 9.50. The molecule has 7 heteroatoms. The summed E-state index contributed by atoms with van der Waals surface area (Å²) in [4.78, 5) is 36.6. The van der Waals surface area contributed by atoms with E-state index in [4.69, 9.17) is 4.74 Å². The first-order chi connectivity index (χ1) is 15.8. The summed E-state index contributed by atoms with van der Waals surface area (Å²) in [7, 11) is 0. The van der Waals surface area contributed by atoms with Gasteiger partial charge in [-0.15, -0.1) is 0 Å². The molecule has 2 aliphatic rings. The molecular weight excluding hydrogens is 420 g/mol. The molecule has 7 nitrogen and oxygen atoms in total. The van der Waals surface area contributed by atoms with E-state index in [9.17, 15) is 19.5 Å². The van der Waals surface area contributed by atoms with Gasteiger partial charge in [0.05, 0.1) is 5.92 Å². The summed E-state index contributed by atoms with van der Waals surface area (Å²) in [5.41, 5.74) is 3.21. The van der Waals surface area contributed by atoms with Gasteiger partial charge in [-0.2, -0.15) is 0 Å². The zero-order valence-electron chi connectivity index (χ0n) is 19.0. The minimum absolute atomic E-state index is 0.0370. The standard InChI is InChI=1S/C26H30N2O5/c1-26(2,24(30)31)28-23(29)17(13-16-11-12-16)14-27-25(32)33-15-22-20-9-5-3-7-18(20)19-8-4-6-10-21(19)22/h3-10,16-17,22H,11-15H2,1-2H3,(H,27,32)(H,28,29)(H,30,31). The lowest BCUT2D eigenvalue weighted by molar-refractivity contribution is -0.146. The maximum Gasteiger partial charge on any atom is 0.407 e. The number of carboxylic acid groups (broad SMARTS) is 1. The number of hydrogen-bond acceptors (Lipinski definition) is 4. The van der Waals surface area contributed by atoms with E-state index in [1.54, 1.807) is 0 Å². The third-order valence-corrected chi connectivity index (χ3v) is 6.49. The van der Waals surface area contributed by atoms with Crippen molar-refractivity contribution < 1.29 is 24.2 Å². The lowest BCUT2D eigenvalue weighted by atomic mass is 9.98. The van der Waals surface area contributed by atoms with Gasteiger partial charge in [0.1, 0.15) is 12.1 Å². The summed E-state index contributed by atoms with van der Waals surface area (Å²) in [5, 5.41) is 14.6. The van der Waals surface area contributed by atoms with Crippen LogP contribution < -0.4 is 10.6 Å². The number of ether oxygens (including phenoxy) is 1. The Morgan fingerprint density at radius 1 is 1.03 bits per heavy atom. The van der Waals surface area contributed by atoms with Crippen LogP contribution in [0.2, 0.25) is 0 Å². The van der Waals surface area contributed by atoms with Crippen LogP contribution in [0, 0.1) is 11.8 Å². The van der Waals surface area contributed by atoms with E-state index in [2.05, 4.69) is 34.9 Å². The third-order valence-electron chi connectivity index (χ3n) is 6.49. The third kappa shape index (κ3) is 5.18. The molecule has 0 spiro atoms. The van der Waals surface area contributed by atoms with Crippen LogP contribution in [0.3, 0.4) is 0 Å². The molecule has 2 amide bonds. The number of carboxylic acids is 1. The molecule has 1 fully saturated rings. The Morgan fingerprint density at radius 2 is 1.61 bits per heavy atom. The number of aliphatic carboxylic acids is 1. The van der Waals surface area contributed by atoms with Crippen molar-refractivity contribution in [3.63, 3.8) is 0 Å². The molecule has 2 aliphatic carbocycles. The lowest BCUT2D eigenvalue weighted by Crippen LogP contribution is -2.53. The quantitative estimate of drug-likeness (QED) is 0.537. The molecule has 1 atom stereocenters. The molecule has 33 heavy (non-hydrogen) atoms. The van der Waals surface area contributed by atoms with Crippen molar-refractivity contribution in [2.24, 2.45) is 11.8 Å². The lowest BCUT2D eigenvalue weighted by Gasteiger charge is -2.25. The van der Waals surface area contributed by atoms with E-state index in [0.717, 1.165) is 35.1 Å². The molecule has 0 saturated heterocycles. The van der Waals surface area contributed by atoms with E-state index in [-0.39, 0.29) is 25.0 Å². The number of nitrogens with one attached hydrogen (secondary N) is 2. The van der Waals surface area contributed by atoms with Crippen LogP contribution in [0.25, 0.3) is 11.1 Å². The average molecular weight is 451 g/mol. The van der Waals surface area contributed by atoms with Crippen LogP contribution in [0.15, 0.2) is 48.5 Å². The van der Waals surface area contributed by atoms with Crippen molar-refractivity contribution in [3.8, 4) is 11.1 Å². The first kappa shape index (κ1) is 22.8. The number of amides is 2. The highest BCUT2D eigenvalue weighted by atomic mass is 16.5. The molecule has 3 N–H and O–H groups in total. The first-order valence-electron chi connectivity index (χ1n) is 11.4. The molecule has 1 saturated carbocycles. The van der Waals surface area contributed by atoms with Crippen LogP contribution in [0.5, 0.6) is 0 Å². The highest BCUT2D eigenvalue weighted by Crippen LogP contribution is 2.44. The summed E-state index contributed by atoms with van der Waals surface area (Å²) in [5.74, 6) is -1.57. The highest BCUT2D eigenvalue weighted by molar-refractivity contribution is 5.87. The Morgan fingerprint density at radius 3 is 2.15 bits per heavy atom. The van der Waals surface area contributed by atoms with E-state index >= 15 is 0 Å². The number of hydrogen-bond donors (Lipinski definition) is 3. The van der Waals surface area contributed by atoms with Gasteiger partial charge in [-0.1, -0.05) is 61.4 Å². The van der Waals surface area contributed by atoms with E-state index in [1.807, 2.05) is 24.3 Å². The van der Waals surface area contributed by atoms with Gasteiger partial charge in [0.2, 0.25) is 5.91 Å². The van der Waals surface area contributed by atoms with Gasteiger partial charge < -0.3 is 20.5 Å². The van der Waals surface area contributed by atoms with E-state index in [1.165, 1.54) is 13.8 Å². The number of carbonyl (C=O) groups excluding carboxylic acids is 2. The fourth-order valence-electron chi connectivity index (χ4n) is 4.36. The summed E-state index contributed by atoms with van der Waals surface area (Å²) in [6.45, 7) is 3.20. The SMILES string of the molecule is CC(C)(NC(=O)C(CNC(=O)OCC1c2ccccc2-c2ccccc21)CC1CC1)C(=O)O. The summed E-state index contributed by atoms with van der Waals surface area (Å²) < 4.78 is 5.55. The summed E-state index contributed by atoms with van der Waals surface area (Å²) >= 11 is 0. The molecule has 1 unspecified atom stereocenters. The molecule has 2 aromatic carbocycles. The van der Waals surface area contributed by atoms with Gasteiger partial charge in [0.15, 0.2) is 0 Å². The van der Waals surface area contributed by atoms with Gasteiger partial charge in [-0.25, -0.2) is 9.59 Å². The maximum absolute atomic E-state index is 12.7. The fourth-order valence-corrected chi connectivity index (χ4v) is 4.36. The van der Waals surface area contributed by atoms with Gasteiger partial charge in [0, 0.05) is 12.5 Å². The van der Waals surface area contributed by atoms with Crippen molar-refractivity contribution in [2.45, 2.75) is 44.6 Å². The van der Waals surface area contributed by atoms with Crippen molar-refractivity contribution in [1.29, 1.82) is 0 Å². The Kier molecular flexibility index (Phi) is 6.40. The Balaban J connectivity index is 1.35. The second kappa shape index (κ2) is 9.25. The Bertz CT molecular complexity index is 1010. The topological polar surface area (TPSA) is 105 Å². The van der Waals surface area contributed by atoms with Crippen molar-refractivity contribution >= 4 is 18.0 Å². The molecule has 0 bridgehead atoms. The minimum atomic E-state index is -1.37. The number of benzene rings is 2. The van der Waals surface area contributed by atoms with Crippen LogP contribution in [0.1, 0.15) is 50.2 Å². The molecule has 174 valence electrons. The van der Waals surface area contributed by atoms with Gasteiger partial charge >= 0.3 is 12.1 Å². The van der Waals surface area contributed by atoms with Crippen molar-refractivity contribution in [2.75, 3.05) is 13.2 Å². The monoisotopic (exact) mass is 450 g/mol. The molecule has 0 aromatic heterocycles. The van der Waals surface area contributed by atoms with E-state index < -0.39 is 23.5 Å². The van der Waals surface area contributed by atoms with Gasteiger partial charge in [0.25, 0.3) is 0 Å². The van der Waals surface area contributed by atoms with Crippen LogP contribution >= 0.6 is 0 Å². The van der Waals surface area contributed by atoms with Crippen molar-refractivity contribution in [1.82, 2.24) is 10.6 Å².